The van der Waals surface area contributed by atoms with Crippen LogP contribution in [0.3, 0.4) is 0 Å². The van der Waals surface area contributed by atoms with Crippen LogP contribution in [0.4, 0.5) is 0 Å². The Hall–Kier alpha value is -1.55. The van der Waals surface area contributed by atoms with Gasteiger partial charge in [0.05, 0.1) is 17.8 Å². The van der Waals surface area contributed by atoms with Gasteiger partial charge in [0.15, 0.2) is 6.29 Å². The summed E-state index contributed by atoms with van der Waals surface area (Å²) in [6.07, 6.45) is 12.3. The van der Waals surface area contributed by atoms with Crippen LogP contribution in [0, 0.1) is 10.8 Å². The second-order valence-corrected chi connectivity index (χ2v) is 20.5. The highest BCUT2D eigenvalue weighted by Gasteiger charge is 2.36. The molecule has 2 aromatic rings. The van der Waals surface area contributed by atoms with Crippen molar-refractivity contribution in [3.05, 3.63) is 70.3 Å². The fourth-order valence-electron chi connectivity index (χ4n) is 6.13. The molecule has 2 radical (unpaired) electrons. The lowest BCUT2D eigenvalue weighted by molar-refractivity contribution is -0.217. The van der Waals surface area contributed by atoms with Crippen LogP contribution in [0.1, 0.15) is 134 Å². The molecule has 0 saturated carbocycles. The van der Waals surface area contributed by atoms with Gasteiger partial charge in [0.2, 0.25) is 18.1 Å². The standard InChI is InChI=1S/C40H64O4Si2/c1-38(2,3)36(43-45(9)10)33-26-25-32(29-34(33)37(39(4,5)6)44-46(11)12)24-23-31-21-19-30(20-22-31)17-13-15-27-40(7,8)42-35-18-14-16-28-41-35/h19-26,29,35-37H,13-18,27-28H2,1-12H3. The van der Waals surface area contributed by atoms with E-state index in [0.717, 1.165) is 45.1 Å². The van der Waals surface area contributed by atoms with Crippen LogP contribution in [0.25, 0.3) is 12.2 Å². The third-order valence-corrected chi connectivity index (χ3v) is 9.90. The number of hydrogen-bond acceptors (Lipinski definition) is 4. The van der Waals surface area contributed by atoms with Gasteiger partial charge in [-0.3, -0.25) is 0 Å². The fraction of sp³-hybridized carbons (Fsp3) is 0.650. The van der Waals surface area contributed by atoms with Gasteiger partial charge in [0, 0.05) is 6.61 Å². The lowest BCUT2D eigenvalue weighted by Gasteiger charge is -2.39. The van der Waals surface area contributed by atoms with Crippen molar-refractivity contribution in [2.24, 2.45) is 10.8 Å². The maximum atomic E-state index is 6.75. The summed E-state index contributed by atoms with van der Waals surface area (Å²) in [6, 6.07) is 15.9. The molecule has 0 N–H and O–H groups in total. The number of unbranched alkanes of at least 4 members (excludes halogenated alkanes) is 1. The Labute approximate surface area is 286 Å². The van der Waals surface area contributed by atoms with E-state index in [-0.39, 0.29) is 34.9 Å². The van der Waals surface area contributed by atoms with Crippen LogP contribution in [-0.2, 0) is 24.7 Å². The van der Waals surface area contributed by atoms with Gasteiger partial charge in [0.1, 0.15) is 0 Å². The van der Waals surface area contributed by atoms with E-state index in [1.165, 1.54) is 34.2 Å². The molecule has 4 nitrogen and oxygen atoms in total. The summed E-state index contributed by atoms with van der Waals surface area (Å²) in [4.78, 5) is 0. The number of rotatable bonds is 15. The Morgan fingerprint density at radius 1 is 0.739 bits per heavy atom. The summed E-state index contributed by atoms with van der Waals surface area (Å²) in [7, 11) is -1.82. The van der Waals surface area contributed by atoms with Crippen LogP contribution >= 0.6 is 0 Å². The summed E-state index contributed by atoms with van der Waals surface area (Å²) < 4.78 is 25.5. The predicted molar refractivity (Wildman–Crippen MR) is 200 cm³/mol. The van der Waals surface area contributed by atoms with E-state index in [4.69, 9.17) is 18.3 Å². The Bertz CT molecular complexity index is 1220. The van der Waals surface area contributed by atoms with Gasteiger partial charge in [-0.2, -0.15) is 0 Å². The average molecular weight is 665 g/mol. The predicted octanol–water partition coefficient (Wildman–Crippen LogP) is 11.6. The quantitative estimate of drug-likeness (QED) is 0.108. The molecule has 6 heteroatoms. The molecule has 1 aliphatic rings. The molecular formula is C40H64O4Si2. The number of benzene rings is 2. The molecule has 1 saturated heterocycles. The minimum Gasteiger partial charge on any atom is -0.410 e. The lowest BCUT2D eigenvalue weighted by atomic mass is 9.77. The monoisotopic (exact) mass is 664 g/mol. The third-order valence-electron chi connectivity index (χ3n) is 8.49. The van der Waals surface area contributed by atoms with E-state index in [1.807, 2.05) is 0 Å². The molecule has 46 heavy (non-hydrogen) atoms. The maximum absolute atomic E-state index is 6.75. The lowest BCUT2D eigenvalue weighted by Crippen LogP contribution is -2.34. The molecule has 2 aromatic carbocycles. The minimum atomic E-state index is -0.919. The van der Waals surface area contributed by atoms with E-state index < -0.39 is 18.1 Å². The topological polar surface area (TPSA) is 36.9 Å². The third kappa shape index (κ3) is 12.8. The van der Waals surface area contributed by atoms with Crippen LogP contribution < -0.4 is 0 Å². The first-order chi connectivity index (χ1) is 21.4. The van der Waals surface area contributed by atoms with Gasteiger partial charge in [-0.05, 0) is 123 Å². The van der Waals surface area contributed by atoms with Crippen LogP contribution in [0.5, 0.6) is 0 Å². The largest absolute Gasteiger partial charge is 0.410 e. The van der Waals surface area contributed by atoms with E-state index in [2.05, 4.69) is 136 Å². The number of hydrogen-bond donors (Lipinski definition) is 0. The highest BCUT2D eigenvalue weighted by atomic mass is 28.3. The Balaban J connectivity index is 1.72. The zero-order chi connectivity index (χ0) is 34.1. The fourth-order valence-corrected chi connectivity index (χ4v) is 8.04. The van der Waals surface area contributed by atoms with Gasteiger partial charge in [-0.15, -0.1) is 0 Å². The molecule has 0 aliphatic carbocycles. The van der Waals surface area contributed by atoms with Gasteiger partial charge in [-0.1, -0.05) is 96.5 Å². The zero-order valence-corrected chi connectivity index (χ0v) is 33.2. The molecule has 3 atom stereocenters. The van der Waals surface area contributed by atoms with Crippen molar-refractivity contribution in [3.8, 4) is 0 Å². The molecule has 0 aromatic heterocycles. The first-order valence-electron chi connectivity index (χ1n) is 17.6. The zero-order valence-electron chi connectivity index (χ0n) is 31.2. The first kappa shape index (κ1) is 38.9. The summed E-state index contributed by atoms with van der Waals surface area (Å²) >= 11 is 0. The van der Waals surface area contributed by atoms with Crippen molar-refractivity contribution in [2.75, 3.05) is 6.61 Å². The van der Waals surface area contributed by atoms with Crippen LogP contribution in [-0.4, -0.2) is 36.6 Å². The summed E-state index contributed by atoms with van der Waals surface area (Å²) in [5, 5.41) is 0. The van der Waals surface area contributed by atoms with Crippen molar-refractivity contribution in [2.45, 2.75) is 151 Å². The molecule has 1 heterocycles. The van der Waals surface area contributed by atoms with Crippen molar-refractivity contribution in [3.63, 3.8) is 0 Å². The molecule has 0 bridgehead atoms. The number of ether oxygens (including phenoxy) is 2. The Morgan fingerprint density at radius 2 is 1.30 bits per heavy atom. The SMILES string of the molecule is C[Si](C)OC(c1ccc(C=Cc2ccc(CCCCC(C)(C)OC3CCCCO3)cc2)cc1C(O[Si](C)C)C(C)(C)C)C(C)(C)C. The molecular weight excluding hydrogens is 601 g/mol. The van der Waals surface area contributed by atoms with E-state index in [0.29, 0.717) is 0 Å². The minimum absolute atomic E-state index is 0.00501. The first-order valence-corrected chi connectivity index (χ1v) is 22.4. The maximum Gasteiger partial charge on any atom is 0.205 e. The van der Waals surface area contributed by atoms with Crippen molar-refractivity contribution in [1.82, 2.24) is 0 Å². The van der Waals surface area contributed by atoms with Gasteiger partial charge >= 0.3 is 0 Å². The van der Waals surface area contributed by atoms with E-state index >= 15 is 0 Å². The van der Waals surface area contributed by atoms with E-state index in [1.54, 1.807) is 0 Å². The van der Waals surface area contributed by atoms with Gasteiger partial charge < -0.3 is 18.3 Å². The van der Waals surface area contributed by atoms with Crippen molar-refractivity contribution < 1.29 is 18.3 Å². The molecule has 1 fully saturated rings. The molecule has 0 amide bonds. The van der Waals surface area contributed by atoms with Gasteiger partial charge in [-0.25, -0.2) is 0 Å². The van der Waals surface area contributed by atoms with Crippen molar-refractivity contribution in [1.29, 1.82) is 0 Å². The summed E-state index contributed by atoms with van der Waals surface area (Å²) in [5.41, 5.74) is 6.11. The molecule has 256 valence electrons. The Kier molecular flexibility index (Phi) is 14.6. The number of aryl methyl sites for hydroxylation is 1. The molecule has 0 spiro atoms. The summed E-state index contributed by atoms with van der Waals surface area (Å²) in [6.45, 7) is 27.9. The van der Waals surface area contributed by atoms with Crippen molar-refractivity contribution >= 4 is 30.2 Å². The summed E-state index contributed by atoms with van der Waals surface area (Å²) in [5.74, 6) is 0. The van der Waals surface area contributed by atoms with Gasteiger partial charge in [0.25, 0.3) is 0 Å². The molecule has 3 unspecified atom stereocenters. The van der Waals surface area contributed by atoms with Crippen LogP contribution in [0.15, 0.2) is 42.5 Å². The van der Waals surface area contributed by atoms with E-state index in [9.17, 15) is 0 Å². The Morgan fingerprint density at radius 3 is 1.85 bits per heavy atom. The second kappa shape index (κ2) is 17.2. The highest BCUT2D eigenvalue weighted by Crippen LogP contribution is 2.45. The smallest absolute Gasteiger partial charge is 0.205 e. The van der Waals surface area contributed by atoms with Crippen LogP contribution in [0.2, 0.25) is 26.2 Å². The second-order valence-electron chi connectivity index (χ2n) is 16.4. The normalized spacial score (nSPS) is 18.1. The molecule has 1 aliphatic heterocycles. The molecule has 3 rings (SSSR count). The highest BCUT2D eigenvalue weighted by molar-refractivity contribution is 6.48. The average Bonchev–Trinajstić information content (AvgIpc) is 2.95.